The van der Waals surface area contributed by atoms with Crippen LogP contribution in [0.1, 0.15) is 28.3 Å². The normalized spacial score (nSPS) is 15.8. The number of hydrogen-bond donors (Lipinski definition) is 2. The summed E-state index contributed by atoms with van der Waals surface area (Å²) in [6, 6.07) is 9.77. The summed E-state index contributed by atoms with van der Waals surface area (Å²) in [6.45, 7) is 9.54. The minimum absolute atomic E-state index is 0.0394. The van der Waals surface area contributed by atoms with Crippen LogP contribution in [0.3, 0.4) is 0 Å². The molecule has 1 aliphatic rings. The van der Waals surface area contributed by atoms with Crippen molar-refractivity contribution in [3.05, 3.63) is 70.8 Å². The maximum atomic E-state index is 15.1. The molecule has 9 nitrogen and oxygen atoms in total. The molecule has 4 aromatic rings. The van der Waals surface area contributed by atoms with Crippen molar-refractivity contribution in [2.75, 3.05) is 29.9 Å². The SMILES string of the molecule is C[Si](C)(C)CCOCn1cc(-c2cnn(Cc3cccs3)c2)nc1C(=O)Nc1cccc(F)c1N1CCC[C@@H](N)C1. The van der Waals surface area contributed by atoms with Gasteiger partial charge in [0.15, 0.2) is 0 Å². The van der Waals surface area contributed by atoms with Crippen LogP contribution in [0.2, 0.25) is 25.7 Å². The number of thiophene rings is 1. The van der Waals surface area contributed by atoms with E-state index in [-0.39, 0.29) is 18.6 Å². The van der Waals surface area contributed by atoms with Gasteiger partial charge in [0.1, 0.15) is 12.5 Å². The van der Waals surface area contributed by atoms with Crippen LogP contribution in [0, 0.1) is 5.82 Å². The Balaban J connectivity index is 1.40. The second kappa shape index (κ2) is 12.7. The van der Waals surface area contributed by atoms with E-state index in [9.17, 15) is 4.79 Å². The van der Waals surface area contributed by atoms with E-state index in [1.165, 1.54) is 10.9 Å². The topological polar surface area (TPSA) is 103 Å². The molecular formula is C29H38FN7O2SSi. The number of carbonyl (C=O) groups excluding carboxylic acids is 1. The molecule has 1 aromatic carbocycles. The summed E-state index contributed by atoms with van der Waals surface area (Å²) >= 11 is 1.68. The van der Waals surface area contributed by atoms with Gasteiger partial charge in [0, 0.05) is 56.6 Å². The van der Waals surface area contributed by atoms with Gasteiger partial charge >= 0.3 is 0 Å². The molecule has 3 N–H and O–H groups in total. The number of piperidine rings is 1. The summed E-state index contributed by atoms with van der Waals surface area (Å²) in [7, 11) is -1.28. The van der Waals surface area contributed by atoms with Gasteiger partial charge in [-0.3, -0.25) is 9.48 Å². The maximum Gasteiger partial charge on any atom is 0.291 e. The predicted octanol–water partition coefficient (Wildman–Crippen LogP) is 5.49. The van der Waals surface area contributed by atoms with Gasteiger partial charge in [-0.15, -0.1) is 11.3 Å². The Morgan fingerprint density at radius 2 is 2.10 bits per heavy atom. The first kappa shape index (κ1) is 29.2. The van der Waals surface area contributed by atoms with Crippen LogP contribution in [0.5, 0.6) is 0 Å². The first-order valence-electron chi connectivity index (χ1n) is 14.0. The number of hydrogen-bond acceptors (Lipinski definition) is 7. The molecule has 3 aromatic heterocycles. The highest BCUT2D eigenvalue weighted by molar-refractivity contribution is 7.09. The Bertz CT molecular complexity index is 1460. The first-order valence-corrected chi connectivity index (χ1v) is 18.6. The Hall–Kier alpha value is -3.32. The molecule has 12 heteroatoms. The highest BCUT2D eigenvalue weighted by Gasteiger charge is 2.25. The lowest BCUT2D eigenvalue weighted by atomic mass is 10.1. The molecule has 1 atom stereocenters. The van der Waals surface area contributed by atoms with Gasteiger partial charge in [-0.25, -0.2) is 9.37 Å². The number of carbonyl (C=O) groups is 1. The molecule has 0 spiro atoms. The Labute approximate surface area is 245 Å². The summed E-state index contributed by atoms with van der Waals surface area (Å²) in [5.41, 5.74) is 8.33. The van der Waals surface area contributed by atoms with Crippen LogP contribution in [0.4, 0.5) is 15.8 Å². The molecule has 0 unspecified atom stereocenters. The quantitative estimate of drug-likeness (QED) is 0.176. The largest absolute Gasteiger partial charge is 0.366 e. The number of nitrogens with zero attached hydrogens (tertiary/aromatic N) is 5. The number of anilines is 2. The third kappa shape index (κ3) is 7.50. The number of amides is 1. The zero-order chi connectivity index (χ0) is 29.0. The van der Waals surface area contributed by atoms with Crippen molar-refractivity contribution in [1.82, 2.24) is 19.3 Å². The molecule has 0 saturated carbocycles. The molecular weight excluding hydrogens is 558 g/mol. The van der Waals surface area contributed by atoms with E-state index >= 15 is 4.39 Å². The standard InChI is InChI=1S/C29H38FN7O2SSi/c1-41(2,3)14-12-39-20-36-19-26(21-15-32-37(16-21)18-23-8-6-13-40-23)33-28(36)29(38)34-25-10-4-9-24(30)27(25)35-11-5-7-22(31)17-35/h4,6,8-10,13,15-16,19,22H,5,7,11-12,14,17-18,20,31H2,1-3H3,(H,34,38)/t22-/m1/s1. The van der Waals surface area contributed by atoms with E-state index < -0.39 is 19.8 Å². The number of para-hydroxylation sites is 1. The molecule has 0 radical (unpaired) electrons. The van der Waals surface area contributed by atoms with Crippen molar-refractivity contribution in [1.29, 1.82) is 0 Å². The van der Waals surface area contributed by atoms with Gasteiger partial charge < -0.3 is 25.3 Å². The number of nitrogens with one attached hydrogen (secondary N) is 1. The van der Waals surface area contributed by atoms with Crippen LogP contribution in [-0.4, -0.2) is 59.1 Å². The minimum atomic E-state index is -1.28. The average molecular weight is 596 g/mol. The molecule has 0 bridgehead atoms. The lowest BCUT2D eigenvalue weighted by Gasteiger charge is -2.34. The summed E-state index contributed by atoms with van der Waals surface area (Å²) in [6.07, 6.45) is 7.24. The van der Waals surface area contributed by atoms with Crippen molar-refractivity contribution >= 4 is 36.7 Å². The summed E-state index contributed by atoms with van der Waals surface area (Å²) < 4.78 is 24.6. The summed E-state index contributed by atoms with van der Waals surface area (Å²) in [5, 5.41) is 9.45. The van der Waals surface area contributed by atoms with Crippen molar-refractivity contribution in [3.63, 3.8) is 0 Å². The van der Waals surface area contributed by atoms with Crippen LogP contribution in [0.25, 0.3) is 11.3 Å². The number of imidazole rings is 1. The van der Waals surface area contributed by atoms with E-state index in [4.69, 9.17) is 15.5 Å². The molecule has 4 heterocycles. The number of ether oxygens (including phenoxy) is 1. The smallest absolute Gasteiger partial charge is 0.291 e. The fourth-order valence-electron chi connectivity index (χ4n) is 4.85. The molecule has 0 aliphatic carbocycles. The number of nitrogens with two attached hydrogens (primary N) is 1. The number of rotatable bonds is 11. The number of halogens is 1. The molecule has 5 rings (SSSR count). The van der Waals surface area contributed by atoms with Crippen LogP contribution >= 0.6 is 11.3 Å². The molecule has 1 saturated heterocycles. The third-order valence-electron chi connectivity index (χ3n) is 7.04. The monoisotopic (exact) mass is 595 g/mol. The van der Waals surface area contributed by atoms with Crippen molar-refractivity contribution in [2.45, 2.75) is 57.8 Å². The van der Waals surface area contributed by atoms with E-state index in [0.29, 0.717) is 43.3 Å². The predicted molar refractivity (Wildman–Crippen MR) is 165 cm³/mol. The molecule has 218 valence electrons. The van der Waals surface area contributed by atoms with Crippen LogP contribution in [-0.2, 0) is 18.0 Å². The second-order valence-corrected chi connectivity index (χ2v) is 18.4. The van der Waals surface area contributed by atoms with E-state index in [2.05, 4.69) is 36.1 Å². The van der Waals surface area contributed by atoms with E-state index in [1.807, 2.05) is 33.4 Å². The van der Waals surface area contributed by atoms with Gasteiger partial charge in [-0.05, 0) is 42.5 Å². The van der Waals surface area contributed by atoms with Crippen LogP contribution < -0.4 is 16.0 Å². The van der Waals surface area contributed by atoms with Crippen molar-refractivity contribution < 1.29 is 13.9 Å². The Kier molecular flexibility index (Phi) is 9.02. The number of benzene rings is 1. The fourth-order valence-corrected chi connectivity index (χ4v) is 6.30. The average Bonchev–Trinajstić information content (AvgIpc) is 3.68. The zero-order valence-corrected chi connectivity index (χ0v) is 25.7. The van der Waals surface area contributed by atoms with Gasteiger partial charge in [0.2, 0.25) is 5.82 Å². The minimum Gasteiger partial charge on any atom is -0.366 e. The van der Waals surface area contributed by atoms with Crippen molar-refractivity contribution in [2.24, 2.45) is 5.73 Å². The van der Waals surface area contributed by atoms with Gasteiger partial charge in [-0.2, -0.15) is 5.10 Å². The summed E-state index contributed by atoms with van der Waals surface area (Å²) in [5.74, 6) is -0.650. The summed E-state index contributed by atoms with van der Waals surface area (Å²) in [4.78, 5) is 21.5. The molecule has 1 fully saturated rings. The maximum absolute atomic E-state index is 15.1. The Morgan fingerprint density at radius 1 is 1.24 bits per heavy atom. The van der Waals surface area contributed by atoms with Crippen molar-refractivity contribution in [3.8, 4) is 11.3 Å². The molecule has 1 aliphatic heterocycles. The Morgan fingerprint density at radius 3 is 2.85 bits per heavy atom. The zero-order valence-electron chi connectivity index (χ0n) is 23.8. The van der Waals surface area contributed by atoms with Gasteiger partial charge in [0.25, 0.3) is 5.91 Å². The molecule has 1 amide bonds. The number of aromatic nitrogens is 4. The highest BCUT2D eigenvalue weighted by Crippen LogP contribution is 2.32. The van der Waals surface area contributed by atoms with Gasteiger partial charge in [-0.1, -0.05) is 31.8 Å². The highest BCUT2D eigenvalue weighted by atomic mass is 32.1. The lowest BCUT2D eigenvalue weighted by Crippen LogP contribution is -2.43. The second-order valence-electron chi connectivity index (χ2n) is 11.7. The molecule has 41 heavy (non-hydrogen) atoms. The first-order chi connectivity index (χ1) is 19.7. The van der Waals surface area contributed by atoms with E-state index in [0.717, 1.165) is 24.4 Å². The van der Waals surface area contributed by atoms with E-state index in [1.54, 1.807) is 34.2 Å². The van der Waals surface area contributed by atoms with Crippen LogP contribution in [0.15, 0.2) is 54.3 Å². The van der Waals surface area contributed by atoms with Gasteiger partial charge in [0.05, 0.1) is 29.8 Å². The third-order valence-corrected chi connectivity index (χ3v) is 9.61. The fraction of sp³-hybridized carbons (Fsp3) is 0.414. The lowest BCUT2D eigenvalue weighted by molar-refractivity contribution is 0.0809.